The number of halogens is 1. The number of nitrogens with one attached hydrogen (secondary N) is 2. The molecule has 1 aliphatic heterocycles. The number of carbonyl (C=O) groups excluding carboxylic acids is 2. The molecule has 1 aromatic rings. The third-order valence-electron chi connectivity index (χ3n) is 4.28. The van der Waals surface area contributed by atoms with Crippen LogP contribution >= 0.6 is 15.9 Å². The lowest BCUT2D eigenvalue weighted by Gasteiger charge is -2.35. The first-order chi connectivity index (χ1) is 12.1. The van der Waals surface area contributed by atoms with Gasteiger partial charge in [0.25, 0.3) is 5.91 Å². The molecule has 1 unspecified atom stereocenters. The van der Waals surface area contributed by atoms with E-state index in [0.717, 1.165) is 29.4 Å². The molecule has 0 radical (unpaired) electrons. The van der Waals surface area contributed by atoms with E-state index in [0.29, 0.717) is 18.8 Å². The van der Waals surface area contributed by atoms with Gasteiger partial charge in [0.05, 0.1) is 10.2 Å². The molecule has 0 spiro atoms. The summed E-state index contributed by atoms with van der Waals surface area (Å²) in [4.78, 5) is 26.7. The summed E-state index contributed by atoms with van der Waals surface area (Å²) in [6.45, 7) is 10.6. The van der Waals surface area contributed by atoms with Gasteiger partial charge in [-0.15, -0.1) is 0 Å². The number of piperidine rings is 1. The number of carbonyl (C=O) groups is 2. The summed E-state index contributed by atoms with van der Waals surface area (Å²) in [6.07, 6.45) is 2.37. The van der Waals surface area contributed by atoms with E-state index in [4.69, 9.17) is 4.74 Å². The molecule has 0 bridgehead atoms. The highest BCUT2D eigenvalue weighted by atomic mass is 79.9. The number of likely N-dealkylation sites (tertiary alicyclic amines) is 1. The monoisotopic (exact) mass is 428 g/mol. The summed E-state index contributed by atoms with van der Waals surface area (Å²) < 4.78 is 6.00. The van der Waals surface area contributed by atoms with Crippen LogP contribution in [0.15, 0.2) is 4.47 Å². The van der Waals surface area contributed by atoms with Gasteiger partial charge in [-0.2, -0.15) is 5.10 Å². The number of nitrogens with zero attached hydrogens (tertiary/aromatic N) is 2. The van der Waals surface area contributed by atoms with Crippen LogP contribution in [0, 0.1) is 0 Å². The van der Waals surface area contributed by atoms with Crippen LogP contribution in [-0.2, 0) is 4.74 Å². The molecule has 2 heterocycles. The highest BCUT2D eigenvalue weighted by Gasteiger charge is 2.31. The first-order valence-electron chi connectivity index (χ1n) is 9.11. The molecule has 8 heteroatoms. The van der Waals surface area contributed by atoms with Gasteiger partial charge >= 0.3 is 6.09 Å². The predicted molar refractivity (Wildman–Crippen MR) is 103 cm³/mol. The van der Waals surface area contributed by atoms with Crippen LogP contribution < -0.4 is 5.32 Å². The van der Waals surface area contributed by atoms with Gasteiger partial charge in [0, 0.05) is 19.1 Å². The Balaban J connectivity index is 2.06. The third-order valence-corrected chi connectivity index (χ3v) is 5.08. The maximum absolute atomic E-state index is 13.0. The van der Waals surface area contributed by atoms with Crippen LogP contribution in [0.25, 0.3) is 0 Å². The molecule has 7 nitrogen and oxygen atoms in total. The average Bonchev–Trinajstić information content (AvgIpc) is 2.92. The zero-order chi connectivity index (χ0) is 19.5. The largest absolute Gasteiger partial charge is 0.444 e. The van der Waals surface area contributed by atoms with Gasteiger partial charge in [-0.1, -0.05) is 13.8 Å². The maximum atomic E-state index is 13.0. The fourth-order valence-electron chi connectivity index (χ4n) is 3.00. The number of aromatic nitrogens is 2. The van der Waals surface area contributed by atoms with Crippen LogP contribution in [0.5, 0.6) is 0 Å². The van der Waals surface area contributed by atoms with E-state index in [1.54, 1.807) is 0 Å². The number of amides is 2. The molecule has 2 rings (SSSR count). The van der Waals surface area contributed by atoms with Crippen molar-refractivity contribution in [3.63, 3.8) is 0 Å². The van der Waals surface area contributed by atoms with Gasteiger partial charge in [-0.05, 0) is 61.9 Å². The minimum Gasteiger partial charge on any atom is -0.444 e. The molecule has 1 aromatic heterocycles. The first kappa shape index (κ1) is 20.7. The van der Waals surface area contributed by atoms with Crippen molar-refractivity contribution in [1.29, 1.82) is 0 Å². The number of hydrogen-bond acceptors (Lipinski definition) is 4. The molecular formula is C18H29BrN4O3. The lowest BCUT2D eigenvalue weighted by atomic mass is 10.0. The zero-order valence-electron chi connectivity index (χ0n) is 16.2. The number of aromatic amines is 1. The fraction of sp³-hybridized carbons (Fsp3) is 0.722. The van der Waals surface area contributed by atoms with Gasteiger partial charge in [0.2, 0.25) is 0 Å². The fourth-order valence-corrected chi connectivity index (χ4v) is 3.80. The lowest BCUT2D eigenvalue weighted by molar-refractivity contribution is 0.0460. The Bertz CT molecular complexity index is 651. The van der Waals surface area contributed by atoms with E-state index >= 15 is 0 Å². The van der Waals surface area contributed by atoms with Gasteiger partial charge in [-0.25, -0.2) is 4.79 Å². The number of rotatable bonds is 4. The summed E-state index contributed by atoms with van der Waals surface area (Å²) >= 11 is 3.50. The van der Waals surface area contributed by atoms with E-state index in [2.05, 4.69) is 31.4 Å². The quantitative estimate of drug-likeness (QED) is 0.762. The number of H-pyrrole nitrogens is 1. The van der Waals surface area contributed by atoms with Crippen LogP contribution in [0.2, 0.25) is 0 Å². The van der Waals surface area contributed by atoms with Crippen molar-refractivity contribution in [3.05, 3.63) is 15.9 Å². The molecule has 26 heavy (non-hydrogen) atoms. The number of hydrogen-bond donors (Lipinski definition) is 2. The van der Waals surface area contributed by atoms with Crippen molar-refractivity contribution in [2.45, 2.75) is 71.4 Å². The Kier molecular flexibility index (Phi) is 6.71. The van der Waals surface area contributed by atoms with Crippen molar-refractivity contribution >= 4 is 27.9 Å². The van der Waals surface area contributed by atoms with Gasteiger partial charge in [0.15, 0.2) is 5.69 Å². The molecule has 2 amide bonds. The van der Waals surface area contributed by atoms with Crippen molar-refractivity contribution in [1.82, 2.24) is 20.4 Å². The molecule has 146 valence electrons. The van der Waals surface area contributed by atoms with E-state index < -0.39 is 11.7 Å². The smallest absolute Gasteiger partial charge is 0.407 e. The normalized spacial score (nSPS) is 18.1. The highest BCUT2D eigenvalue weighted by molar-refractivity contribution is 9.10. The minimum atomic E-state index is -0.542. The molecule has 1 atom stereocenters. The van der Waals surface area contributed by atoms with Crippen molar-refractivity contribution < 1.29 is 14.3 Å². The van der Waals surface area contributed by atoms with E-state index in [9.17, 15) is 9.59 Å². The SMILES string of the molecule is CC(C)c1[nH]nc(C(=O)N2CCCCC2CNC(=O)OC(C)(C)C)c1Br. The number of alkyl carbamates (subject to hydrolysis) is 1. The molecule has 1 fully saturated rings. The summed E-state index contributed by atoms with van der Waals surface area (Å²) in [5, 5.41) is 9.95. The standard InChI is InChI=1S/C18H29BrN4O3/c1-11(2)14-13(19)15(22-21-14)16(24)23-9-7-6-8-12(23)10-20-17(25)26-18(3,4)5/h11-12H,6-10H2,1-5H3,(H,20,25)(H,21,22). The van der Waals surface area contributed by atoms with Crippen molar-refractivity contribution in [2.24, 2.45) is 0 Å². The summed E-state index contributed by atoms with van der Waals surface area (Å²) in [5.74, 6) is 0.125. The van der Waals surface area contributed by atoms with Crippen LogP contribution in [0.3, 0.4) is 0 Å². The van der Waals surface area contributed by atoms with Crippen LogP contribution in [0.4, 0.5) is 4.79 Å². The summed E-state index contributed by atoms with van der Waals surface area (Å²) in [5.41, 5.74) is 0.769. The Labute approximate surface area is 163 Å². The molecule has 2 N–H and O–H groups in total. The Hall–Kier alpha value is -1.57. The second-order valence-corrected chi connectivity index (χ2v) is 8.78. The molecule has 0 saturated carbocycles. The topological polar surface area (TPSA) is 87.3 Å². The Morgan fingerprint density at radius 1 is 1.38 bits per heavy atom. The molecule has 0 aliphatic carbocycles. The van der Waals surface area contributed by atoms with E-state index in [1.807, 2.05) is 39.5 Å². The van der Waals surface area contributed by atoms with Gasteiger partial charge < -0.3 is 15.0 Å². The maximum Gasteiger partial charge on any atom is 0.407 e. The molecular weight excluding hydrogens is 400 g/mol. The van der Waals surface area contributed by atoms with Crippen molar-refractivity contribution in [3.8, 4) is 0 Å². The number of ether oxygens (including phenoxy) is 1. The second-order valence-electron chi connectivity index (χ2n) is 7.99. The van der Waals surface area contributed by atoms with Crippen LogP contribution in [0.1, 0.15) is 76.0 Å². The Morgan fingerprint density at radius 3 is 2.65 bits per heavy atom. The Morgan fingerprint density at radius 2 is 2.08 bits per heavy atom. The molecule has 0 aromatic carbocycles. The molecule has 1 aliphatic rings. The first-order valence-corrected chi connectivity index (χ1v) is 9.91. The van der Waals surface area contributed by atoms with Crippen molar-refractivity contribution in [2.75, 3.05) is 13.1 Å². The van der Waals surface area contributed by atoms with E-state index in [-0.39, 0.29) is 17.9 Å². The zero-order valence-corrected chi connectivity index (χ0v) is 17.8. The van der Waals surface area contributed by atoms with Gasteiger partial charge in [-0.3, -0.25) is 9.89 Å². The third kappa shape index (κ3) is 5.22. The lowest BCUT2D eigenvalue weighted by Crippen LogP contribution is -2.50. The second kappa shape index (κ2) is 8.41. The highest BCUT2D eigenvalue weighted by Crippen LogP contribution is 2.28. The summed E-state index contributed by atoms with van der Waals surface area (Å²) in [6, 6.07) is -0.0603. The predicted octanol–water partition coefficient (Wildman–Crippen LogP) is 3.82. The molecule has 1 saturated heterocycles. The van der Waals surface area contributed by atoms with Crippen LogP contribution in [-0.4, -0.2) is 51.8 Å². The average molecular weight is 429 g/mol. The van der Waals surface area contributed by atoms with E-state index in [1.165, 1.54) is 0 Å². The minimum absolute atomic E-state index is 0.0603. The summed E-state index contributed by atoms with van der Waals surface area (Å²) in [7, 11) is 0. The van der Waals surface area contributed by atoms with Gasteiger partial charge in [0.1, 0.15) is 5.60 Å².